The molecule has 1 aliphatic rings. The Kier molecular flexibility index (Phi) is 5.13. The molecule has 5 heteroatoms. The zero-order valence-electron chi connectivity index (χ0n) is 10.8. The van der Waals surface area contributed by atoms with Crippen LogP contribution in [0, 0.1) is 5.92 Å². The molecular weight excluding hydrogens is 248 g/mol. The number of hydrogen-bond acceptors (Lipinski definition) is 4. The fourth-order valence-corrected chi connectivity index (χ4v) is 2.88. The Balaban J connectivity index is 1.63. The van der Waals surface area contributed by atoms with Gasteiger partial charge in [0.1, 0.15) is 0 Å². The Labute approximate surface area is 112 Å². The summed E-state index contributed by atoms with van der Waals surface area (Å²) in [5.74, 6) is 0.550. The van der Waals surface area contributed by atoms with Crippen molar-refractivity contribution >= 4 is 17.2 Å². The Hall–Kier alpha value is -0.940. The van der Waals surface area contributed by atoms with Gasteiger partial charge in [-0.3, -0.25) is 4.79 Å². The van der Waals surface area contributed by atoms with Gasteiger partial charge >= 0.3 is 0 Å². The average Bonchev–Trinajstić information content (AvgIpc) is 3.00. The van der Waals surface area contributed by atoms with Crippen molar-refractivity contribution in [2.45, 2.75) is 32.6 Å². The summed E-state index contributed by atoms with van der Waals surface area (Å²) >= 11 is 1.74. The maximum absolute atomic E-state index is 11.7. The summed E-state index contributed by atoms with van der Waals surface area (Å²) in [6, 6.07) is 0. The number of nitrogens with one attached hydrogen (secondary N) is 1. The quantitative estimate of drug-likeness (QED) is 0.856. The highest BCUT2D eigenvalue weighted by Crippen LogP contribution is 2.16. The van der Waals surface area contributed by atoms with Gasteiger partial charge in [-0.25, -0.2) is 4.98 Å². The van der Waals surface area contributed by atoms with Gasteiger partial charge in [0.2, 0.25) is 5.91 Å². The van der Waals surface area contributed by atoms with E-state index >= 15 is 0 Å². The normalized spacial score (nSPS) is 19.1. The minimum atomic E-state index is 0.137. The van der Waals surface area contributed by atoms with E-state index in [1.54, 1.807) is 11.3 Å². The fourth-order valence-electron chi connectivity index (χ4n) is 2.01. The summed E-state index contributed by atoms with van der Waals surface area (Å²) in [5.41, 5.74) is 0. The first-order valence-electron chi connectivity index (χ1n) is 6.56. The second-order valence-corrected chi connectivity index (χ2v) is 5.81. The summed E-state index contributed by atoms with van der Waals surface area (Å²) < 4.78 is 5.26. The highest BCUT2D eigenvalue weighted by atomic mass is 32.1. The molecule has 18 heavy (non-hydrogen) atoms. The van der Waals surface area contributed by atoms with E-state index < -0.39 is 0 Å². The van der Waals surface area contributed by atoms with Crippen molar-refractivity contribution in [3.63, 3.8) is 0 Å². The maximum Gasteiger partial charge on any atom is 0.220 e. The number of carbonyl (C=O) groups excluding carboxylic acids is 1. The lowest BCUT2D eigenvalue weighted by Crippen LogP contribution is -2.27. The van der Waals surface area contributed by atoms with E-state index in [-0.39, 0.29) is 5.91 Å². The van der Waals surface area contributed by atoms with E-state index in [0.717, 1.165) is 37.5 Å². The highest BCUT2D eigenvalue weighted by Gasteiger charge is 2.18. The van der Waals surface area contributed by atoms with Crippen molar-refractivity contribution in [1.29, 1.82) is 0 Å². The Morgan fingerprint density at radius 3 is 3.22 bits per heavy atom. The topological polar surface area (TPSA) is 51.2 Å². The summed E-state index contributed by atoms with van der Waals surface area (Å²) in [6.45, 7) is 4.35. The number of hydrogen-bond donors (Lipinski definition) is 1. The molecule has 1 saturated heterocycles. The van der Waals surface area contributed by atoms with Crippen molar-refractivity contribution < 1.29 is 9.53 Å². The molecule has 0 spiro atoms. The molecule has 1 N–H and O–H groups in total. The molecule has 1 aromatic rings. The number of amides is 1. The zero-order valence-corrected chi connectivity index (χ0v) is 11.6. The van der Waals surface area contributed by atoms with Crippen molar-refractivity contribution in [2.75, 3.05) is 19.8 Å². The van der Waals surface area contributed by atoms with E-state index in [0.29, 0.717) is 18.9 Å². The number of nitrogens with zero attached hydrogens (tertiary/aromatic N) is 1. The second-order valence-electron chi connectivity index (χ2n) is 4.61. The van der Waals surface area contributed by atoms with E-state index in [2.05, 4.69) is 17.2 Å². The Morgan fingerprint density at radius 1 is 1.67 bits per heavy atom. The van der Waals surface area contributed by atoms with Gasteiger partial charge in [0, 0.05) is 43.7 Å². The summed E-state index contributed by atoms with van der Waals surface area (Å²) in [6.07, 6.45) is 5.40. The molecule has 0 saturated carbocycles. The first-order valence-corrected chi connectivity index (χ1v) is 7.37. The highest BCUT2D eigenvalue weighted by molar-refractivity contribution is 7.11. The van der Waals surface area contributed by atoms with Gasteiger partial charge in [0.15, 0.2) is 0 Å². The van der Waals surface area contributed by atoms with Crippen LogP contribution < -0.4 is 5.32 Å². The van der Waals surface area contributed by atoms with Crippen molar-refractivity contribution in [2.24, 2.45) is 5.92 Å². The Morgan fingerprint density at radius 2 is 2.56 bits per heavy atom. The van der Waals surface area contributed by atoms with Crippen LogP contribution in [0.25, 0.3) is 0 Å². The van der Waals surface area contributed by atoms with Gasteiger partial charge in [0.05, 0.1) is 5.01 Å². The number of aryl methyl sites for hydroxylation is 1. The van der Waals surface area contributed by atoms with Crippen LogP contribution in [0.5, 0.6) is 0 Å². The van der Waals surface area contributed by atoms with E-state index in [1.807, 2.05) is 6.20 Å². The van der Waals surface area contributed by atoms with Gasteiger partial charge in [0.25, 0.3) is 0 Å². The van der Waals surface area contributed by atoms with Crippen LogP contribution in [0.15, 0.2) is 6.20 Å². The molecule has 1 unspecified atom stereocenters. The van der Waals surface area contributed by atoms with Crippen molar-refractivity contribution in [1.82, 2.24) is 10.3 Å². The minimum Gasteiger partial charge on any atom is -0.381 e. The van der Waals surface area contributed by atoms with Gasteiger partial charge in [-0.05, 0) is 18.8 Å². The molecule has 0 aliphatic carbocycles. The van der Waals surface area contributed by atoms with Crippen LogP contribution >= 0.6 is 11.3 Å². The molecule has 0 aromatic carbocycles. The minimum absolute atomic E-state index is 0.137. The van der Waals surface area contributed by atoms with Crippen LogP contribution in [0.2, 0.25) is 0 Å². The average molecular weight is 268 g/mol. The standard InChI is InChI=1S/C13H20N2O2S/c1-2-11-8-15-13(18-11)3-5-14-12(16)7-10-4-6-17-9-10/h8,10H,2-7,9H2,1H3,(H,14,16). The molecule has 1 aromatic heterocycles. The SMILES string of the molecule is CCc1cnc(CCNC(=O)CC2CCOC2)s1. The third-order valence-corrected chi connectivity index (χ3v) is 4.31. The lowest BCUT2D eigenvalue weighted by atomic mass is 10.1. The third kappa shape index (κ3) is 4.07. The maximum atomic E-state index is 11.7. The van der Waals surface area contributed by atoms with E-state index in [9.17, 15) is 4.79 Å². The van der Waals surface area contributed by atoms with Gasteiger partial charge in [-0.1, -0.05) is 6.92 Å². The van der Waals surface area contributed by atoms with E-state index in [1.165, 1.54) is 4.88 Å². The monoisotopic (exact) mass is 268 g/mol. The summed E-state index contributed by atoms with van der Waals surface area (Å²) in [5, 5.41) is 4.07. The second kappa shape index (κ2) is 6.85. The van der Waals surface area contributed by atoms with Crippen LogP contribution in [0.1, 0.15) is 29.7 Å². The molecule has 1 aliphatic heterocycles. The number of aromatic nitrogens is 1. The molecule has 4 nitrogen and oxygen atoms in total. The zero-order chi connectivity index (χ0) is 12.8. The van der Waals surface area contributed by atoms with Crippen molar-refractivity contribution in [3.8, 4) is 0 Å². The number of thiazole rings is 1. The molecule has 1 atom stereocenters. The van der Waals surface area contributed by atoms with Gasteiger partial charge in [-0.15, -0.1) is 11.3 Å². The molecule has 1 amide bonds. The molecule has 1 fully saturated rings. The van der Waals surface area contributed by atoms with Gasteiger partial charge < -0.3 is 10.1 Å². The van der Waals surface area contributed by atoms with Crippen LogP contribution in [0.4, 0.5) is 0 Å². The lowest BCUT2D eigenvalue weighted by Gasteiger charge is -2.07. The van der Waals surface area contributed by atoms with E-state index in [4.69, 9.17) is 4.74 Å². The number of ether oxygens (including phenoxy) is 1. The molecule has 2 rings (SSSR count). The molecular formula is C13H20N2O2S. The fraction of sp³-hybridized carbons (Fsp3) is 0.692. The summed E-state index contributed by atoms with van der Waals surface area (Å²) in [4.78, 5) is 17.3. The molecule has 0 bridgehead atoms. The Bertz CT molecular complexity index is 386. The van der Waals surface area contributed by atoms with Gasteiger partial charge in [-0.2, -0.15) is 0 Å². The molecule has 0 radical (unpaired) electrons. The van der Waals surface area contributed by atoms with Crippen LogP contribution in [-0.2, 0) is 22.4 Å². The van der Waals surface area contributed by atoms with Crippen molar-refractivity contribution in [3.05, 3.63) is 16.1 Å². The van der Waals surface area contributed by atoms with Crippen LogP contribution in [-0.4, -0.2) is 30.6 Å². The molecule has 100 valence electrons. The third-order valence-electron chi connectivity index (χ3n) is 3.11. The number of carbonyl (C=O) groups is 1. The first-order chi connectivity index (χ1) is 8.78. The largest absolute Gasteiger partial charge is 0.381 e. The lowest BCUT2D eigenvalue weighted by molar-refractivity contribution is -0.122. The first kappa shape index (κ1) is 13.5. The number of rotatable bonds is 6. The predicted octanol–water partition coefficient (Wildman–Crippen LogP) is 1.79. The smallest absolute Gasteiger partial charge is 0.220 e. The summed E-state index contributed by atoms with van der Waals surface area (Å²) in [7, 11) is 0. The predicted molar refractivity (Wildman–Crippen MR) is 71.7 cm³/mol. The van der Waals surface area contributed by atoms with Crippen LogP contribution in [0.3, 0.4) is 0 Å². The molecule has 2 heterocycles.